The second kappa shape index (κ2) is 7.32. The molecule has 0 radical (unpaired) electrons. The smallest absolute Gasteiger partial charge is 0.266 e. The Hall–Kier alpha value is -2.38. The summed E-state index contributed by atoms with van der Waals surface area (Å²) in [5.74, 6) is 1.30. The normalized spacial score (nSPS) is 16.8. The molecule has 0 saturated carbocycles. The molecule has 4 rings (SSSR count). The van der Waals surface area contributed by atoms with E-state index in [1.807, 2.05) is 29.2 Å². The highest BCUT2D eigenvalue weighted by atomic mass is 35.5. The van der Waals surface area contributed by atoms with E-state index in [0.29, 0.717) is 39.6 Å². The van der Waals surface area contributed by atoms with E-state index in [0.717, 1.165) is 24.2 Å². The number of rotatable bonds is 4. The molecule has 1 amide bonds. The molecular weight excluding hydrogens is 384 g/mol. The minimum Gasteiger partial charge on any atom is -0.443 e. The summed E-state index contributed by atoms with van der Waals surface area (Å²) in [5.41, 5.74) is 7.51. The van der Waals surface area contributed by atoms with Crippen molar-refractivity contribution in [1.29, 1.82) is 0 Å². The van der Waals surface area contributed by atoms with Crippen molar-refractivity contribution in [3.8, 4) is 0 Å². The van der Waals surface area contributed by atoms with Crippen LogP contribution >= 0.6 is 22.9 Å². The molecule has 1 fully saturated rings. The number of carbonyl (C=O) groups is 1. The predicted octanol–water partition coefficient (Wildman–Crippen LogP) is 4.24. The van der Waals surface area contributed by atoms with Gasteiger partial charge in [0.25, 0.3) is 5.91 Å². The number of anilines is 1. The van der Waals surface area contributed by atoms with Gasteiger partial charge in [-0.2, -0.15) is 0 Å². The number of thiazole rings is 1. The number of hydrogen-bond donors (Lipinski definition) is 1. The summed E-state index contributed by atoms with van der Waals surface area (Å²) < 4.78 is 5.98. The molecule has 1 saturated heterocycles. The summed E-state index contributed by atoms with van der Waals surface area (Å²) in [6, 6.07) is 7.49. The maximum Gasteiger partial charge on any atom is 0.266 e. The highest BCUT2D eigenvalue weighted by Crippen LogP contribution is 2.34. The molecule has 0 spiro atoms. The Morgan fingerprint density at radius 1 is 1.41 bits per heavy atom. The molecule has 0 unspecified atom stereocenters. The van der Waals surface area contributed by atoms with E-state index in [2.05, 4.69) is 9.97 Å². The van der Waals surface area contributed by atoms with Crippen LogP contribution in [0.3, 0.4) is 0 Å². The number of nitrogen functional groups attached to an aromatic ring is 1. The zero-order chi connectivity index (χ0) is 19.0. The van der Waals surface area contributed by atoms with Crippen LogP contribution < -0.4 is 5.73 Å². The molecule has 2 N–H and O–H groups in total. The third-order valence-corrected chi connectivity index (χ3v) is 5.90. The summed E-state index contributed by atoms with van der Waals surface area (Å²) in [7, 11) is 0. The second-order valence-electron chi connectivity index (χ2n) is 6.59. The van der Waals surface area contributed by atoms with Crippen LogP contribution in [0.4, 0.5) is 5.13 Å². The third-order valence-electron chi connectivity index (χ3n) is 4.67. The second-order valence-corrected chi connectivity index (χ2v) is 8.06. The highest BCUT2D eigenvalue weighted by molar-refractivity contribution is 7.17. The fourth-order valence-corrected chi connectivity index (χ4v) is 4.29. The van der Waals surface area contributed by atoms with Gasteiger partial charge in [0, 0.05) is 18.0 Å². The quantitative estimate of drug-likeness (QED) is 0.705. The van der Waals surface area contributed by atoms with Crippen molar-refractivity contribution in [3.63, 3.8) is 0 Å². The Labute approximate surface area is 166 Å². The van der Waals surface area contributed by atoms with Crippen LogP contribution in [0, 0.1) is 6.92 Å². The molecule has 1 aliphatic heterocycles. The van der Waals surface area contributed by atoms with E-state index in [1.165, 1.54) is 11.3 Å². The number of nitrogens with two attached hydrogens (primary N) is 1. The number of nitrogens with zero attached hydrogens (tertiary/aromatic N) is 3. The van der Waals surface area contributed by atoms with Crippen LogP contribution in [0.15, 0.2) is 34.9 Å². The van der Waals surface area contributed by atoms with E-state index in [4.69, 9.17) is 21.8 Å². The van der Waals surface area contributed by atoms with Crippen molar-refractivity contribution >= 4 is 34.0 Å². The lowest BCUT2D eigenvalue weighted by atomic mass is 10.1. The average Bonchev–Trinajstić information content (AvgIpc) is 3.36. The Morgan fingerprint density at radius 2 is 2.19 bits per heavy atom. The van der Waals surface area contributed by atoms with E-state index in [1.54, 1.807) is 13.1 Å². The van der Waals surface area contributed by atoms with Crippen molar-refractivity contribution in [1.82, 2.24) is 14.9 Å². The van der Waals surface area contributed by atoms with Crippen LogP contribution in [-0.2, 0) is 6.42 Å². The summed E-state index contributed by atoms with van der Waals surface area (Å²) >= 11 is 7.16. The van der Waals surface area contributed by atoms with Crippen molar-refractivity contribution in [2.45, 2.75) is 32.2 Å². The number of amides is 1. The van der Waals surface area contributed by atoms with Gasteiger partial charge in [0.1, 0.15) is 16.7 Å². The molecule has 27 heavy (non-hydrogen) atoms. The topological polar surface area (TPSA) is 85.2 Å². The van der Waals surface area contributed by atoms with Crippen molar-refractivity contribution in [2.24, 2.45) is 0 Å². The highest BCUT2D eigenvalue weighted by Gasteiger charge is 2.35. The zero-order valence-corrected chi connectivity index (χ0v) is 16.4. The van der Waals surface area contributed by atoms with Crippen molar-refractivity contribution < 1.29 is 9.21 Å². The third kappa shape index (κ3) is 3.70. The van der Waals surface area contributed by atoms with E-state index < -0.39 is 0 Å². The standard InChI is InChI=1S/C19H19ClN4O2S/c1-11-16(27-19(21)23-11)18(25)24-8-2-3-15(24)17-22-10-14(26-17)9-12-4-6-13(20)7-5-12/h4-7,10,15H,2-3,8-9H2,1H3,(H2,21,23)/t15-/m0/s1. The van der Waals surface area contributed by atoms with Crippen molar-refractivity contribution in [3.05, 3.63) is 63.3 Å². The number of halogens is 1. The molecule has 0 aliphatic carbocycles. The number of oxazole rings is 1. The fourth-order valence-electron chi connectivity index (χ4n) is 3.37. The Morgan fingerprint density at radius 3 is 2.89 bits per heavy atom. The Bertz CT molecular complexity index is 967. The monoisotopic (exact) mass is 402 g/mol. The Kier molecular flexibility index (Phi) is 4.88. The molecule has 3 heterocycles. The zero-order valence-electron chi connectivity index (χ0n) is 14.8. The number of likely N-dealkylation sites (tertiary alicyclic amines) is 1. The van der Waals surface area contributed by atoms with Gasteiger partial charge in [-0.25, -0.2) is 9.97 Å². The maximum atomic E-state index is 13.0. The molecular formula is C19H19ClN4O2S. The van der Waals surface area contributed by atoms with Crippen LogP contribution in [0.1, 0.15) is 51.5 Å². The molecule has 1 atom stereocenters. The van der Waals surface area contributed by atoms with Crippen LogP contribution in [0.25, 0.3) is 0 Å². The minimum atomic E-state index is -0.154. The first-order chi connectivity index (χ1) is 13.0. The average molecular weight is 403 g/mol. The number of aromatic nitrogens is 2. The lowest BCUT2D eigenvalue weighted by Crippen LogP contribution is -2.30. The molecule has 8 heteroatoms. The summed E-state index contributed by atoms with van der Waals surface area (Å²) in [4.78, 5) is 24.0. The molecule has 3 aromatic rings. The lowest BCUT2D eigenvalue weighted by molar-refractivity contribution is 0.0718. The fraction of sp³-hybridized carbons (Fsp3) is 0.316. The molecule has 140 valence electrons. The SMILES string of the molecule is Cc1nc(N)sc1C(=O)N1CCC[C@H]1c1ncc(Cc2ccc(Cl)cc2)o1. The summed E-state index contributed by atoms with van der Waals surface area (Å²) in [6.45, 7) is 2.48. The molecule has 6 nitrogen and oxygen atoms in total. The summed E-state index contributed by atoms with van der Waals surface area (Å²) in [5, 5.41) is 1.11. The van der Waals surface area contributed by atoms with Crippen LogP contribution in [0.2, 0.25) is 5.02 Å². The lowest BCUT2D eigenvalue weighted by Gasteiger charge is -2.21. The molecule has 0 bridgehead atoms. The van der Waals surface area contributed by atoms with Gasteiger partial charge in [-0.1, -0.05) is 35.1 Å². The van der Waals surface area contributed by atoms with E-state index >= 15 is 0 Å². The van der Waals surface area contributed by atoms with E-state index in [9.17, 15) is 4.79 Å². The van der Waals surface area contributed by atoms with Gasteiger partial charge in [0.05, 0.1) is 11.9 Å². The van der Waals surface area contributed by atoms with Gasteiger partial charge in [-0.05, 0) is 37.5 Å². The van der Waals surface area contributed by atoms with Gasteiger partial charge in [0.15, 0.2) is 5.13 Å². The number of aryl methyl sites for hydroxylation is 1. The molecule has 1 aliphatic rings. The maximum absolute atomic E-state index is 13.0. The van der Waals surface area contributed by atoms with Crippen molar-refractivity contribution in [2.75, 3.05) is 12.3 Å². The molecule has 2 aromatic heterocycles. The largest absolute Gasteiger partial charge is 0.443 e. The first-order valence-electron chi connectivity index (χ1n) is 8.74. The predicted molar refractivity (Wildman–Crippen MR) is 105 cm³/mol. The first-order valence-corrected chi connectivity index (χ1v) is 9.93. The van der Waals surface area contributed by atoms with E-state index in [-0.39, 0.29) is 11.9 Å². The minimum absolute atomic E-state index is 0.0540. The van der Waals surface area contributed by atoms with Crippen LogP contribution in [-0.4, -0.2) is 27.3 Å². The summed E-state index contributed by atoms with van der Waals surface area (Å²) in [6.07, 6.45) is 4.12. The molecule has 1 aromatic carbocycles. The van der Waals surface area contributed by atoms with Gasteiger partial charge >= 0.3 is 0 Å². The van der Waals surface area contributed by atoms with Gasteiger partial charge in [-0.15, -0.1) is 0 Å². The Balaban J connectivity index is 1.52. The number of hydrogen-bond acceptors (Lipinski definition) is 6. The van der Waals surface area contributed by atoms with Gasteiger partial charge < -0.3 is 15.1 Å². The number of carbonyl (C=O) groups excluding carboxylic acids is 1. The van der Waals surface area contributed by atoms with Crippen LogP contribution in [0.5, 0.6) is 0 Å². The number of benzene rings is 1. The van der Waals surface area contributed by atoms with Gasteiger partial charge in [-0.3, -0.25) is 4.79 Å². The van der Waals surface area contributed by atoms with Gasteiger partial charge in [0.2, 0.25) is 5.89 Å². The first kappa shape index (κ1) is 18.0.